The van der Waals surface area contributed by atoms with Crippen molar-refractivity contribution >= 4 is 11.6 Å². The van der Waals surface area contributed by atoms with Gasteiger partial charge in [-0.15, -0.1) is 11.6 Å². The minimum absolute atomic E-state index is 0.0370. The van der Waals surface area contributed by atoms with Gasteiger partial charge in [0.25, 0.3) is 0 Å². The summed E-state index contributed by atoms with van der Waals surface area (Å²) in [5.74, 6) is 1.00. The van der Waals surface area contributed by atoms with Crippen molar-refractivity contribution in [2.24, 2.45) is 13.0 Å². The van der Waals surface area contributed by atoms with Gasteiger partial charge in [0, 0.05) is 25.5 Å². The molecule has 1 fully saturated rings. The molecule has 4 nitrogen and oxygen atoms in total. The van der Waals surface area contributed by atoms with Crippen molar-refractivity contribution in [2.75, 3.05) is 12.5 Å². The summed E-state index contributed by atoms with van der Waals surface area (Å²) < 4.78 is 5.68. The second kappa shape index (κ2) is 4.28. The number of hydrogen-bond donors (Lipinski definition) is 0. The van der Waals surface area contributed by atoms with E-state index in [1.807, 2.05) is 7.05 Å². The second-order valence-electron chi connectivity index (χ2n) is 3.61. The zero-order valence-corrected chi connectivity index (χ0v) is 8.94. The van der Waals surface area contributed by atoms with Crippen LogP contribution in [0.2, 0.25) is 0 Å². The molecule has 0 aliphatic carbocycles. The van der Waals surface area contributed by atoms with E-state index in [1.54, 1.807) is 11.0 Å². The van der Waals surface area contributed by atoms with E-state index in [0.717, 1.165) is 25.1 Å². The predicted molar refractivity (Wildman–Crippen MR) is 53.1 cm³/mol. The highest BCUT2D eigenvalue weighted by Crippen LogP contribution is 2.32. The Morgan fingerprint density at radius 3 is 3.21 bits per heavy atom. The lowest BCUT2D eigenvalue weighted by atomic mass is 9.94. The standard InChI is InChI=1S/C9H14ClN3O/c1-13-11-6-8(12-13)9-7(5-10)3-2-4-14-9/h6-7,9H,2-5H2,1H3. The van der Waals surface area contributed by atoms with Gasteiger partial charge in [-0.1, -0.05) is 0 Å². The van der Waals surface area contributed by atoms with Crippen molar-refractivity contribution < 1.29 is 4.74 Å². The largest absolute Gasteiger partial charge is 0.371 e. The normalized spacial score (nSPS) is 27.9. The molecule has 0 N–H and O–H groups in total. The van der Waals surface area contributed by atoms with Gasteiger partial charge in [-0.2, -0.15) is 15.0 Å². The van der Waals surface area contributed by atoms with E-state index in [-0.39, 0.29) is 6.10 Å². The molecule has 5 heteroatoms. The molecule has 2 atom stereocenters. The summed E-state index contributed by atoms with van der Waals surface area (Å²) in [5, 5.41) is 8.30. The Hall–Kier alpha value is -0.610. The zero-order chi connectivity index (χ0) is 9.97. The lowest BCUT2D eigenvalue weighted by Gasteiger charge is -2.28. The first kappa shape index (κ1) is 9.93. The summed E-state index contributed by atoms with van der Waals surface area (Å²) in [6.45, 7) is 0.800. The Morgan fingerprint density at radius 2 is 2.57 bits per heavy atom. The number of nitrogens with zero attached hydrogens (tertiary/aromatic N) is 3. The second-order valence-corrected chi connectivity index (χ2v) is 3.92. The number of hydrogen-bond acceptors (Lipinski definition) is 3. The number of aryl methyl sites for hydroxylation is 1. The maximum Gasteiger partial charge on any atom is 0.112 e. The van der Waals surface area contributed by atoms with Crippen molar-refractivity contribution in [1.82, 2.24) is 15.0 Å². The Labute approximate surface area is 88.2 Å². The highest BCUT2D eigenvalue weighted by molar-refractivity contribution is 6.18. The smallest absolute Gasteiger partial charge is 0.112 e. The molecule has 0 spiro atoms. The van der Waals surface area contributed by atoms with Crippen LogP contribution in [0, 0.1) is 5.92 Å². The van der Waals surface area contributed by atoms with Crippen LogP contribution in [0.4, 0.5) is 0 Å². The summed E-state index contributed by atoms with van der Waals surface area (Å²) >= 11 is 5.90. The van der Waals surface area contributed by atoms with Gasteiger partial charge >= 0.3 is 0 Å². The summed E-state index contributed by atoms with van der Waals surface area (Å²) in [7, 11) is 1.81. The minimum atomic E-state index is 0.0370. The molecule has 0 bridgehead atoms. The average Bonchev–Trinajstić information content (AvgIpc) is 2.65. The fourth-order valence-electron chi connectivity index (χ4n) is 1.82. The topological polar surface area (TPSA) is 39.9 Å². The van der Waals surface area contributed by atoms with Gasteiger partial charge in [-0.3, -0.25) is 0 Å². The van der Waals surface area contributed by atoms with Gasteiger partial charge in [0.1, 0.15) is 11.8 Å². The Bertz CT molecular complexity index is 302. The highest BCUT2D eigenvalue weighted by Gasteiger charge is 2.28. The number of ether oxygens (including phenoxy) is 1. The average molecular weight is 216 g/mol. The van der Waals surface area contributed by atoms with E-state index in [0.29, 0.717) is 11.8 Å². The quantitative estimate of drug-likeness (QED) is 0.703. The third kappa shape index (κ3) is 1.91. The molecular weight excluding hydrogens is 202 g/mol. The van der Waals surface area contributed by atoms with Crippen LogP contribution in [0.25, 0.3) is 0 Å². The lowest BCUT2D eigenvalue weighted by molar-refractivity contribution is -0.0236. The van der Waals surface area contributed by atoms with E-state index < -0.39 is 0 Å². The van der Waals surface area contributed by atoms with Crippen LogP contribution in [0.3, 0.4) is 0 Å². The van der Waals surface area contributed by atoms with Gasteiger partial charge in [0.05, 0.1) is 6.20 Å². The van der Waals surface area contributed by atoms with Crippen molar-refractivity contribution in [2.45, 2.75) is 18.9 Å². The molecule has 2 rings (SSSR count). The minimum Gasteiger partial charge on any atom is -0.371 e. The van der Waals surface area contributed by atoms with E-state index in [2.05, 4.69) is 10.2 Å². The van der Waals surface area contributed by atoms with Crippen molar-refractivity contribution in [3.05, 3.63) is 11.9 Å². The fraction of sp³-hybridized carbons (Fsp3) is 0.778. The van der Waals surface area contributed by atoms with Crippen LogP contribution >= 0.6 is 11.6 Å². The number of halogens is 1. The van der Waals surface area contributed by atoms with Gasteiger partial charge in [0.2, 0.25) is 0 Å². The molecule has 1 aliphatic heterocycles. The molecule has 1 saturated heterocycles. The molecule has 0 saturated carbocycles. The molecule has 0 aromatic carbocycles. The predicted octanol–water partition coefficient (Wildman–Crippen LogP) is 1.52. The SMILES string of the molecule is Cn1ncc(C2OCCCC2CCl)n1. The van der Waals surface area contributed by atoms with Crippen molar-refractivity contribution in [3.8, 4) is 0 Å². The zero-order valence-electron chi connectivity index (χ0n) is 8.19. The van der Waals surface area contributed by atoms with Gasteiger partial charge in [0.15, 0.2) is 0 Å². The molecule has 1 aliphatic rings. The molecule has 14 heavy (non-hydrogen) atoms. The number of rotatable bonds is 2. The molecule has 78 valence electrons. The Morgan fingerprint density at radius 1 is 1.71 bits per heavy atom. The molecule has 1 aromatic rings. The summed E-state index contributed by atoms with van der Waals surface area (Å²) in [6.07, 6.45) is 4.00. The van der Waals surface area contributed by atoms with Crippen molar-refractivity contribution in [1.29, 1.82) is 0 Å². The molecule has 2 heterocycles. The summed E-state index contributed by atoms with van der Waals surface area (Å²) in [6, 6.07) is 0. The number of aromatic nitrogens is 3. The molecule has 0 radical (unpaired) electrons. The first-order valence-corrected chi connectivity index (χ1v) is 5.38. The van der Waals surface area contributed by atoms with Crippen LogP contribution in [0.1, 0.15) is 24.6 Å². The first-order valence-electron chi connectivity index (χ1n) is 4.85. The van der Waals surface area contributed by atoms with E-state index in [9.17, 15) is 0 Å². The summed E-state index contributed by atoms with van der Waals surface area (Å²) in [5.41, 5.74) is 0.901. The third-order valence-corrected chi connectivity index (χ3v) is 2.95. The fourth-order valence-corrected chi connectivity index (χ4v) is 2.14. The van der Waals surface area contributed by atoms with Crippen LogP contribution in [0.15, 0.2) is 6.20 Å². The Balaban J connectivity index is 2.14. The van der Waals surface area contributed by atoms with Gasteiger partial charge < -0.3 is 4.74 Å². The van der Waals surface area contributed by atoms with Crippen LogP contribution in [-0.2, 0) is 11.8 Å². The molecule has 1 aromatic heterocycles. The van der Waals surface area contributed by atoms with Gasteiger partial charge in [-0.05, 0) is 12.8 Å². The Kier molecular flexibility index (Phi) is 3.03. The monoisotopic (exact) mass is 215 g/mol. The van der Waals surface area contributed by atoms with Crippen LogP contribution in [-0.4, -0.2) is 27.5 Å². The van der Waals surface area contributed by atoms with Crippen LogP contribution in [0.5, 0.6) is 0 Å². The van der Waals surface area contributed by atoms with E-state index in [1.165, 1.54) is 0 Å². The maximum atomic E-state index is 5.90. The third-order valence-electron chi connectivity index (χ3n) is 2.55. The van der Waals surface area contributed by atoms with E-state index >= 15 is 0 Å². The van der Waals surface area contributed by atoms with Crippen LogP contribution < -0.4 is 0 Å². The number of alkyl halides is 1. The molecule has 0 amide bonds. The molecule has 2 unspecified atom stereocenters. The molecular formula is C9H14ClN3O. The first-order chi connectivity index (χ1) is 6.81. The van der Waals surface area contributed by atoms with Gasteiger partial charge in [-0.25, -0.2) is 0 Å². The van der Waals surface area contributed by atoms with E-state index in [4.69, 9.17) is 16.3 Å². The van der Waals surface area contributed by atoms with Crippen molar-refractivity contribution in [3.63, 3.8) is 0 Å². The lowest BCUT2D eigenvalue weighted by Crippen LogP contribution is -2.24. The maximum absolute atomic E-state index is 5.90. The summed E-state index contributed by atoms with van der Waals surface area (Å²) in [4.78, 5) is 1.55. The highest BCUT2D eigenvalue weighted by atomic mass is 35.5.